The summed E-state index contributed by atoms with van der Waals surface area (Å²) >= 11 is 0. The smallest absolute Gasteiger partial charge is 0.318 e. The lowest BCUT2D eigenvalue weighted by molar-refractivity contribution is 0.172. The maximum atomic E-state index is 13.1. The molecule has 3 rings (SSSR count). The zero-order valence-electron chi connectivity index (χ0n) is 16.7. The third kappa shape index (κ3) is 4.26. The van der Waals surface area contributed by atoms with Gasteiger partial charge in [-0.05, 0) is 44.4 Å². The maximum Gasteiger partial charge on any atom is 0.318 e. The number of nitrogens with zero attached hydrogens (tertiary/aromatic N) is 3. The molecule has 1 fully saturated rings. The molecule has 1 aromatic heterocycles. The predicted octanol–water partition coefficient (Wildman–Crippen LogP) is 4.13. The van der Waals surface area contributed by atoms with E-state index in [9.17, 15) is 4.79 Å². The van der Waals surface area contributed by atoms with E-state index in [2.05, 4.69) is 22.5 Å². The molecule has 2 amide bonds. The minimum atomic E-state index is -0.0778. The maximum absolute atomic E-state index is 13.1. The number of aryl methyl sites for hydroxylation is 1. The molecule has 6 nitrogen and oxygen atoms in total. The van der Waals surface area contributed by atoms with Crippen LogP contribution in [0.2, 0.25) is 0 Å². The van der Waals surface area contributed by atoms with Crippen LogP contribution in [-0.2, 0) is 7.05 Å². The molecule has 0 aliphatic carbocycles. The topological polar surface area (TPSA) is 59.4 Å². The van der Waals surface area contributed by atoms with Crippen molar-refractivity contribution in [1.82, 2.24) is 20.0 Å². The average molecular weight is 370 g/mol. The Morgan fingerprint density at radius 3 is 2.63 bits per heavy atom. The van der Waals surface area contributed by atoms with E-state index in [1.54, 1.807) is 7.11 Å². The minimum Gasteiger partial charge on any atom is -0.497 e. The first kappa shape index (κ1) is 19.3. The minimum absolute atomic E-state index is 0.00605. The fourth-order valence-corrected chi connectivity index (χ4v) is 3.81. The normalized spacial score (nSPS) is 18.7. The second kappa shape index (κ2) is 8.46. The highest BCUT2D eigenvalue weighted by Gasteiger charge is 2.28. The fraction of sp³-hybridized carbons (Fsp3) is 0.524. The first-order valence-electron chi connectivity index (χ1n) is 9.71. The van der Waals surface area contributed by atoms with Crippen molar-refractivity contribution in [3.05, 3.63) is 47.3 Å². The molecule has 0 bridgehead atoms. The van der Waals surface area contributed by atoms with Crippen molar-refractivity contribution in [2.24, 2.45) is 7.05 Å². The van der Waals surface area contributed by atoms with Crippen LogP contribution in [0, 0.1) is 6.92 Å². The Labute approximate surface area is 161 Å². The fourth-order valence-electron chi connectivity index (χ4n) is 3.81. The van der Waals surface area contributed by atoms with Crippen molar-refractivity contribution in [2.45, 2.75) is 51.6 Å². The molecule has 0 spiro atoms. The summed E-state index contributed by atoms with van der Waals surface area (Å²) in [5.41, 5.74) is 3.30. The molecule has 0 saturated carbocycles. The Morgan fingerprint density at radius 1 is 1.26 bits per heavy atom. The van der Waals surface area contributed by atoms with E-state index in [0.717, 1.165) is 54.8 Å². The van der Waals surface area contributed by atoms with Crippen LogP contribution in [0.5, 0.6) is 5.75 Å². The number of nitrogens with one attached hydrogen (secondary N) is 1. The predicted molar refractivity (Wildman–Crippen MR) is 106 cm³/mol. The van der Waals surface area contributed by atoms with Gasteiger partial charge >= 0.3 is 6.03 Å². The van der Waals surface area contributed by atoms with Gasteiger partial charge in [0.1, 0.15) is 5.75 Å². The monoisotopic (exact) mass is 370 g/mol. The van der Waals surface area contributed by atoms with Gasteiger partial charge in [-0.1, -0.05) is 25.0 Å². The molecule has 0 radical (unpaired) electrons. The van der Waals surface area contributed by atoms with Gasteiger partial charge in [0.25, 0.3) is 0 Å². The van der Waals surface area contributed by atoms with Gasteiger partial charge in [0, 0.05) is 24.8 Å². The molecule has 1 aliphatic heterocycles. The van der Waals surface area contributed by atoms with Gasteiger partial charge in [0.2, 0.25) is 0 Å². The Balaban J connectivity index is 1.77. The van der Waals surface area contributed by atoms with E-state index in [1.165, 1.54) is 0 Å². The van der Waals surface area contributed by atoms with E-state index in [1.807, 2.05) is 48.8 Å². The van der Waals surface area contributed by atoms with E-state index >= 15 is 0 Å². The third-order valence-electron chi connectivity index (χ3n) is 5.59. The summed E-state index contributed by atoms with van der Waals surface area (Å²) in [6.07, 6.45) is 6.16. The standard InChI is InChI=1S/C21H30N4O2/c1-15(19-14-22-24(3)16(19)2)23-21(26)25-13-7-5-6-8-20(25)17-9-11-18(27-4)12-10-17/h9-12,14-15,20H,5-8,13H2,1-4H3,(H,23,26)/t15-,20+/m0/s1. The Hall–Kier alpha value is -2.50. The van der Waals surface area contributed by atoms with E-state index in [0.29, 0.717) is 0 Å². The number of methoxy groups -OCH3 is 1. The molecule has 1 saturated heterocycles. The Bertz CT molecular complexity index is 769. The van der Waals surface area contributed by atoms with Gasteiger partial charge < -0.3 is 15.0 Å². The molecule has 1 N–H and O–H groups in total. The molecule has 2 atom stereocenters. The van der Waals surface area contributed by atoms with Gasteiger partial charge in [-0.25, -0.2) is 4.79 Å². The molecule has 2 aromatic rings. The number of aromatic nitrogens is 2. The number of carbonyl (C=O) groups is 1. The first-order chi connectivity index (χ1) is 13.0. The van der Waals surface area contributed by atoms with Crippen LogP contribution in [0.3, 0.4) is 0 Å². The van der Waals surface area contributed by atoms with Crippen molar-refractivity contribution >= 4 is 6.03 Å². The lowest BCUT2D eigenvalue weighted by Crippen LogP contribution is -2.43. The molecule has 27 heavy (non-hydrogen) atoms. The summed E-state index contributed by atoms with van der Waals surface area (Å²) in [5, 5.41) is 7.47. The Kier molecular flexibility index (Phi) is 6.04. The number of likely N-dealkylation sites (tertiary alicyclic amines) is 1. The number of hydrogen-bond donors (Lipinski definition) is 1. The van der Waals surface area contributed by atoms with Crippen molar-refractivity contribution in [2.75, 3.05) is 13.7 Å². The van der Waals surface area contributed by atoms with Crippen LogP contribution >= 0.6 is 0 Å². The van der Waals surface area contributed by atoms with E-state index < -0.39 is 0 Å². The number of carbonyl (C=O) groups excluding carboxylic acids is 1. The summed E-state index contributed by atoms with van der Waals surface area (Å²) in [6, 6.07) is 8.10. The number of ether oxygens (including phenoxy) is 1. The first-order valence-corrected chi connectivity index (χ1v) is 9.71. The highest BCUT2D eigenvalue weighted by Crippen LogP contribution is 2.31. The summed E-state index contributed by atoms with van der Waals surface area (Å²) in [6.45, 7) is 4.82. The van der Waals surface area contributed by atoms with Gasteiger partial charge in [-0.3, -0.25) is 4.68 Å². The number of amides is 2. The SMILES string of the molecule is COc1ccc([C@H]2CCCCCN2C(=O)N[C@@H](C)c2cnn(C)c2C)cc1. The molecule has 1 aromatic carbocycles. The summed E-state index contributed by atoms with van der Waals surface area (Å²) in [7, 11) is 3.59. The van der Waals surface area contributed by atoms with Crippen LogP contribution in [0.15, 0.2) is 30.5 Å². The zero-order valence-corrected chi connectivity index (χ0v) is 16.7. The average Bonchev–Trinajstić information content (AvgIpc) is 2.88. The highest BCUT2D eigenvalue weighted by atomic mass is 16.5. The highest BCUT2D eigenvalue weighted by molar-refractivity contribution is 5.75. The van der Waals surface area contributed by atoms with Crippen LogP contribution in [0.4, 0.5) is 4.79 Å². The third-order valence-corrected chi connectivity index (χ3v) is 5.59. The number of urea groups is 1. The summed E-state index contributed by atoms with van der Waals surface area (Å²) < 4.78 is 7.11. The molecule has 146 valence electrons. The van der Waals surface area contributed by atoms with Crippen molar-refractivity contribution < 1.29 is 9.53 Å². The van der Waals surface area contributed by atoms with Crippen LogP contribution < -0.4 is 10.1 Å². The lowest BCUT2D eigenvalue weighted by Gasteiger charge is -2.32. The van der Waals surface area contributed by atoms with Crippen molar-refractivity contribution in [3.8, 4) is 5.75 Å². The molecule has 2 heterocycles. The van der Waals surface area contributed by atoms with Crippen molar-refractivity contribution in [3.63, 3.8) is 0 Å². The second-order valence-electron chi connectivity index (χ2n) is 7.31. The van der Waals surface area contributed by atoms with Crippen LogP contribution in [0.1, 0.15) is 61.5 Å². The van der Waals surface area contributed by atoms with E-state index in [4.69, 9.17) is 4.74 Å². The van der Waals surface area contributed by atoms with Gasteiger partial charge in [0.05, 0.1) is 25.4 Å². The molecular weight excluding hydrogens is 340 g/mol. The van der Waals surface area contributed by atoms with Crippen LogP contribution in [-0.4, -0.2) is 34.4 Å². The lowest BCUT2D eigenvalue weighted by atomic mass is 10.0. The van der Waals surface area contributed by atoms with E-state index in [-0.39, 0.29) is 18.1 Å². The molecule has 0 unspecified atom stereocenters. The number of rotatable bonds is 4. The van der Waals surface area contributed by atoms with Gasteiger partial charge in [-0.15, -0.1) is 0 Å². The van der Waals surface area contributed by atoms with Crippen molar-refractivity contribution in [1.29, 1.82) is 0 Å². The summed E-state index contributed by atoms with van der Waals surface area (Å²) in [5.74, 6) is 0.837. The Morgan fingerprint density at radius 2 is 2.00 bits per heavy atom. The van der Waals surface area contributed by atoms with Gasteiger partial charge in [-0.2, -0.15) is 5.10 Å². The molecule has 6 heteroatoms. The number of benzene rings is 1. The number of hydrogen-bond acceptors (Lipinski definition) is 3. The van der Waals surface area contributed by atoms with Gasteiger partial charge in [0.15, 0.2) is 0 Å². The summed E-state index contributed by atoms with van der Waals surface area (Å²) in [4.78, 5) is 15.1. The second-order valence-corrected chi connectivity index (χ2v) is 7.31. The zero-order chi connectivity index (χ0) is 19.4. The largest absolute Gasteiger partial charge is 0.497 e. The van der Waals surface area contributed by atoms with Crippen LogP contribution in [0.25, 0.3) is 0 Å². The molecular formula is C21H30N4O2. The molecule has 1 aliphatic rings. The quantitative estimate of drug-likeness (QED) is 0.880.